The number of carboxylic acid groups (broad SMARTS) is 1. The van der Waals surface area contributed by atoms with Crippen LogP contribution in [0.25, 0.3) is 0 Å². The fourth-order valence-corrected chi connectivity index (χ4v) is 6.37. The molecule has 0 aliphatic carbocycles. The van der Waals surface area contributed by atoms with Crippen molar-refractivity contribution in [3.63, 3.8) is 0 Å². The molecule has 0 aromatic heterocycles. The summed E-state index contributed by atoms with van der Waals surface area (Å²) in [6.45, 7) is 2.23. The van der Waals surface area contributed by atoms with Gasteiger partial charge in [-0.25, -0.2) is 9.18 Å². The van der Waals surface area contributed by atoms with Crippen LogP contribution in [0.5, 0.6) is 0 Å². The summed E-state index contributed by atoms with van der Waals surface area (Å²) in [7, 11) is 0. The number of carbonyl (C=O) groups excluding carboxylic acids is 2. The SMILES string of the molecule is CCC[C@@H](C(=O)N1CCC[C@H]1C(=O)O)N1C(=O)[C@@H](Cc2ccc(F)cc2)O[C@H](c2ccc(Cl)cc2)[C@@H]1c1ccc(Cl)cc1. The fraction of sp³-hybridized carbons (Fsp3) is 0.364. The van der Waals surface area contributed by atoms with Gasteiger partial charge in [-0.3, -0.25) is 9.59 Å². The second-order valence-electron chi connectivity index (χ2n) is 11.0. The van der Waals surface area contributed by atoms with Crippen molar-refractivity contribution < 1.29 is 28.6 Å². The van der Waals surface area contributed by atoms with E-state index in [0.717, 1.165) is 5.56 Å². The Hall–Kier alpha value is -3.46. The molecule has 2 aliphatic heterocycles. The molecule has 3 aromatic rings. The molecule has 10 heteroatoms. The summed E-state index contributed by atoms with van der Waals surface area (Å²) in [5, 5.41) is 10.9. The zero-order valence-electron chi connectivity index (χ0n) is 23.7. The molecule has 43 heavy (non-hydrogen) atoms. The van der Waals surface area contributed by atoms with Gasteiger partial charge in [0.05, 0.1) is 6.04 Å². The maximum atomic E-state index is 14.5. The van der Waals surface area contributed by atoms with Gasteiger partial charge in [0, 0.05) is 23.0 Å². The van der Waals surface area contributed by atoms with Crippen molar-refractivity contribution in [2.75, 3.05) is 6.54 Å². The van der Waals surface area contributed by atoms with Crippen LogP contribution < -0.4 is 0 Å². The molecule has 2 fully saturated rings. The number of amides is 2. The molecular weight excluding hydrogens is 594 g/mol. The van der Waals surface area contributed by atoms with Gasteiger partial charge in [-0.2, -0.15) is 0 Å². The first-order valence-corrected chi connectivity index (χ1v) is 15.2. The smallest absolute Gasteiger partial charge is 0.326 e. The lowest BCUT2D eigenvalue weighted by Gasteiger charge is -2.48. The van der Waals surface area contributed by atoms with E-state index in [4.69, 9.17) is 27.9 Å². The van der Waals surface area contributed by atoms with Crippen LogP contribution in [-0.2, 0) is 25.5 Å². The number of ether oxygens (including phenoxy) is 1. The topological polar surface area (TPSA) is 87.2 Å². The number of hydrogen-bond acceptors (Lipinski definition) is 4. The van der Waals surface area contributed by atoms with Gasteiger partial charge in [0.1, 0.15) is 30.1 Å². The summed E-state index contributed by atoms with van der Waals surface area (Å²) >= 11 is 12.5. The minimum absolute atomic E-state index is 0.154. The molecule has 226 valence electrons. The normalized spacial score (nSPS) is 22.9. The van der Waals surface area contributed by atoms with Crippen molar-refractivity contribution in [2.45, 2.75) is 69.4 Å². The molecule has 2 heterocycles. The van der Waals surface area contributed by atoms with Gasteiger partial charge in [0.2, 0.25) is 5.91 Å². The lowest BCUT2D eigenvalue weighted by molar-refractivity contribution is -0.183. The molecule has 1 N–H and O–H groups in total. The molecule has 0 spiro atoms. The highest BCUT2D eigenvalue weighted by Crippen LogP contribution is 2.45. The summed E-state index contributed by atoms with van der Waals surface area (Å²) in [5.41, 5.74) is 2.16. The zero-order valence-corrected chi connectivity index (χ0v) is 25.2. The molecule has 2 amide bonds. The number of nitrogens with zero attached hydrogens (tertiary/aromatic N) is 2. The van der Waals surface area contributed by atoms with Crippen molar-refractivity contribution in [1.82, 2.24) is 9.80 Å². The fourth-order valence-electron chi connectivity index (χ4n) is 6.12. The van der Waals surface area contributed by atoms with Crippen molar-refractivity contribution in [1.29, 1.82) is 0 Å². The highest BCUT2D eigenvalue weighted by atomic mass is 35.5. The Morgan fingerprint density at radius 3 is 2.16 bits per heavy atom. The number of aliphatic carboxylic acids is 1. The zero-order chi connectivity index (χ0) is 30.7. The molecule has 0 unspecified atom stereocenters. The number of carbonyl (C=O) groups is 3. The molecule has 5 rings (SSSR count). The first-order valence-electron chi connectivity index (χ1n) is 14.4. The van der Waals surface area contributed by atoms with Crippen LogP contribution in [0.4, 0.5) is 4.39 Å². The third-order valence-corrected chi connectivity index (χ3v) is 8.68. The Bertz CT molecular complexity index is 1450. The minimum Gasteiger partial charge on any atom is -0.480 e. The quantitative estimate of drug-likeness (QED) is 0.288. The summed E-state index contributed by atoms with van der Waals surface area (Å²) in [4.78, 5) is 43.8. The third kappa shape index (κ3) is 6.71. The molecule has 7 nitrogen and oxygen atoms in total. The second-order valence-corrected chi connectivity index (χ2v) is 11.9. The van der Waals surface area contributed by atoms with Gasteiger partial charge in [0.25, 0.3) is 5.91 Å². The molecule has 0 radical (unpaired) electrons. The predicted octanol–water partition coefficient (Wildman–Crippen LogP) is 6.63. The summed E-state index contributed by atoms with van der Waals surface area (Å²) in [6, 6.07) is 17.5. The van der Waals surface area contributed by atoms with Crippen LogP contribution in [-0.4, -0.2) is 57.4 Å². The molecule has 2 saturated heterocycles. The van der Waals surface area contributed by atoms with Crippen LogP contribution >= 0.6 is 23.2 Å². The van der Waals surface area contributed by atoms with Crippen molar-refractivity contribution >= 4 is 41.0 Å². The number of halogens is 3. The number of rotatable bonds is 9. The number of benzene rings is 3. The first-order chi connectivity index (χ1) is 20.7. The Balaban J connectivity index is 1.64. The van der Waals surface area contributed by atoms with Crippen molar-refractivity contribution in [3.05, 3.63) is 105 Å². The average Bonchev–Trinajstić information content (AvgIpc) is 3.49. The van der Waals surface area contributed by atoms with Gasteiger partial charge in [-0.15, -0.1) is 0 Å². The van der Waals surface area contributed by atoms with Crippen LogP contribution in [0.15, 0.2) is 72.8 Å². The van der Waals surface area contributed by atoms with E-state index in [0.29, 0.717) is 53.4 Å². The highest BCUT2D eigenvalue weighted by Gasteiger charge is 2.50. The molecule has 3 aromatic carbocycles. The Labute approximate surface area is 260 Å². The molecular formula is C33H33Cl2FN2O5. The monoisotopic (exact) mass is 626 g/mol. The Kier molecular flexibility index (Phi) is 9.69. The van der Waals surface area contributed by atoms with Gasteiger partial charge >= 0.3 is 5.97 Å². The van der Waals surface area contributed by atoms with E-state index in [9.17, 15) is 23.9 Å². The Morgan fingerprint density at radius 1 is 0.977 bits per heavy atom. The number of morpholine rings is 1. The summed E-state index contributed by atoms with van der Waals surface area (Å²) < 4.78 is 20.3. The van der Waals surface area contributed by atoms with Gasteiger partial charge < -0.3 is 19.6 Å². The van der Waals surface area contributed by atoms with Crippen LogP contribution in [0.1, 0.15) is 61.4 Å². The lowest BCUT2D eigenvalue weighted by Crippen LogP contribution is -2.60. The van der Waals surface area contributed by atoms with Crippen molar-refractivity contribution in [3.8, 4) is 0 Å². The van der Waals surface area contributed by atoms with Gasteiger partial charge in [-0.1, -0.05) is 72.9 Å². The molecule has 0 bridgehead atoms. The van der Waals surface area contributed by atoms with E-state index >= 15 is 0 Å². The highest BCUT2D eigenvalue weighted by molar-refractivity contribution is 6.30. The van der Waals surface area contributed by atoms with E-state index in [1.54, 1.807) is 41.3 Å². The van der Waals surface area contributed by atoms with E-state index in [1.807, 2.05) is 31.2 Å². The lowest BCUT2D eigenvalue weighted by atomic mass is 9.88. The summed E-state index contributed by atoms with van der Waals surface area (Å²) in [6.07, 6.45) is 0.292. The van der Waals surface area contributed by atoms with Crippen LogP contribution in [0, 0.1) is 5.82 Å². The van der Waals surface area contributed by atoms with Gasteiger partial charge in [-0.05, 0) is 72.4 Å². The van der Waals surface area contributed by atoms with Crippen molar-refractivity contribution in [2.24, 2.45) is 0 Å². The standard InChI is InChI=1S/C33H33Cl2FN2O5/c1-2-4-26(31(39)37-18-3-5-27(37)33(41)42)38-29(21-8-12-23(34)13-9-21)30(22-10-14-24(35)15-11-22)43-28(32(38)40)19-20-6-16-25(36)17-7-20/h6-17,26-30H,2-5,18-19H2,1H3,(H,41,42)/t26-,27-,28+,29-,30+/m0/s1. The maximum absolute atomic E-state index is 14.5. The predicted molar refractivity (Wildman–Crippen MR) is 161 cm³/mol. The maximum Gasteiger partial charge on any atom is 0.326 e. The molecule has 2 aliphatic rings. The van der Waals surface area contributed by atoms with E-state index in [-0.39, 0.29) is 6.42 Å². The third-order valence-electron chi connectivity index (χ3n) is 8.18. The van der Waals surface area contributed by atoms with E-state index < -0.39 is 53.9 Å². The summed E-state index contributed by atoms with van der Waals surface area (Å²) in [5.74, 6) is -2.24. The average molecular weight is 628 g/mol. The molecule has 0 saturated carbocycles. The first kappa shape index (κ1) is 31.0. The van der Waals surface area contributed by atoms with E-state index in [2.05, 4.69) is 0 Å². The largest absolute Gasteiger partial charge is 0.480 e. The van der Waals surface area contributed by atoms with Crippen LogP contribution in [0.3, 0.4) is 0 Å². The second kappa shape index (κ2) is 13.5. The number of hydrogen-bond donors (Lipinski definition) is 1. The number of carboxylic acids is 1. The minimum atomic E-state index is -1.06. The Morgan fingerprint density at radius 2 is 1.58 bits per heavy atom. The van der Waals surface area contributed by atoms with Crippen LogP contribution in [0.2, 0.25) is 10.0 Å². The van der Waals surface area contributed by atoms with Gasteiger partial charge in [0.15, 0.2) is 0 Å². The number of likely N-dealkylation sites (tertiary alicyclic amines) is 1. The molecule has 5 atom stereocenters. The van der Waals surface area contributed by atoms with E-state index in [1.165, 1.54) is 17.0 Å².